The zero-order chi connectivity index (χ0) is 14.1. The third-order valence-corrected chi connectivity index (χ3v) is 3.08. The fourth-order valence-electron chi connectivity index (χ4n) is 2.23. The Morgan fingerprint density at radius 1 is 1.26 bits per heavy atom. The number of nitrogens with one attached hydrogen (secondary N) is 1. The molecule has 1 rings (SSSR count). The molecule has 0 aliphatic rings. The number of benzene rings is 1. The molecule has 0 spiro atoms. The molecular weight excluding hydrogens is 242 g/mol. The first-order valence-corrected chi connectivity index (χ1v) is 6.69. The molecule has 108 valence electrons. The van der Waals surface area contributed by atoms with E-state index in [4.69, 9.17) is 14.6 Å². The molecule has 0 aliphatic carbocycles. The predicted octanol–water partition coefficient (Wildman–Crippen LogP) is 1.61. The molecule has 19 heavy (non-hydrogen) atoms. The van der Waals surface area contributed by atoms with E-state index in [9.17, 15) is 0 Å². The van der Waals surface area contributed by atoms with E-state index in [-0.39, 0.29) is 12.6 Å². The second kappa shape index (κ2) is 8.91. The Labute approximate surface area is 115 Å². The number of rotatable bonds is 9. The fourth-order valence-corrected chi connectivity index (χ4v) is 2.23. The van der Waals surface area contributed by atoms with Crippen molar-refractivity contribution in [2.75, 3.05) is 27.4 Å². The summed E-state index contributed by atoms with van der Waals surface area (Å²) in [4.78, 5) is 0. The third-order valence-electron chi connectivity index (χ3n) is 3.08. The maximum atomic E-state index is 9.03. The molecular formula is C15H25NO3. The molecule has 0 bridgehead atoms. The van der Waals surface area contributed by atoms with Gasteiger partial charge in [-0.2, -0.15) is 0 Å². The molecule has 0 radical (unpaired) electrons. The van der Waals surface area contributed by atoms with Gasteiger partial charge in [-0.1, -0.05) is 18.2 Å². The van der Waals surface area contributed by atoms with Crippen molar-refractivity contribution in [1.29, 1.82) is 0 Å². The number of ether oxygens (including phenoxy) is 2. The van der Waals surface area contributed by atoms with Gasteiger partial charge in [0.1, 0.15) is 5.75 Å². The lowest BCUT2D eigenvalue weighted by atomic mass is 10.0. The molecule has 0 aliphatic heterocycles. The fraction of sp³-hybridized carbons (Fsp3) is 0.600. The highest BCUT2D eigenvalue weighted by atomic mass is 16.5. The van der Waals surface area contributed by atoms with Gasteiger partial charge in [-0.15, -0.1) is 0 Å². The van der Waals surface area contributed by atoms with Gasteiger partial charge in [0.05, 0.1) is 13.7 Å². The summed E-state index contributed by atoms with van der Waals surface area (Å²) < 4.78 is 10.5. The predicted molar refractivity (Wildman–Crippen MR) is 76.7 cm³/mol. The smallest absolute Gasteiger partial charge is 0.122 e. The van der Waals surface area contributed by atoms with Crippen LogP contribution in [-0.4, -0.2) is 44.6 Å². The first kappa shape index (κ1) is 16.0. The van der Waals surface area contributed by atoms with Gasteiger partial charge in [0.15, 0.2) is 0 Å². The van der Waals surface area contributed by atoms with E-state index in [1.165, 1.54) is 5.56 Å². The normalized spacial score (nSPS) is 14.1. The summed E-state index contributed by atoms with van der Waals surface area (Å²) in [5.74, 6) is 0.918. The Morgan fingerprint density at radius 2 is 2.00 bits per heavy atom. The van der Waals surface area contributed by atoms with Crippen LogP contribution in [0.4, 0.5) is 0 Å². The van der Waals surface area contributed by atoms with Crippen molar-refractivity contribution in [1.82, 2.24) is 5.32 Å². The summed E-state index contributed by atoms with van der Waals surface area (Å²) in [6.45, 7) is 2.91. The van der Waals surface area contributed by atoms with Crippen molar-refractivity contribution in [3.63, 3.8) is 0 Å². The van der Waals surface area contributed by atoms with E-state index in [0.29, 0.717) is 19.1 Å². The van der Waals surface area contributed by atoms with Crippen molar-refractivity contribution < 1.29 is 14.6 Å². The monoisotopic (exact) mass is 267 g/mol. The van der Waals surface area contributed by atoms with Gasteiger partial charge in [0, 0.05) is 25.8 Å². The highest BCUT2D eigenvalue weighted by Gasteiger charge is 2.13. The summed E-state index contributed by atoms with van der Waals surface area (Å²) in [5.41, 5.74) is 1.19. The average molecular weight is 267 g/mol. The highest BCUT2D eigenvalue weighted by Crippen LogP contribution is 2.19. The minimum absolute atomic E-state index is 0.169. The molecule has 0 fully saturated rings. The van der Waals surface area contributed by atoms with Crippen LogP contribution < -0.4 is 10.1 Å². The Morgan fingerprint density at radius 3 is 2.63 bits per heavy atom. The van der Waals surface area contributed by atoms with Crippen LogP contribution >= 0.6 is 0 Å². The molecule has 4 nitrogen and oxygen atoms in total. The topological polar surface area (TPSA) is 50.7 Å². The minimum atomic E-state index is 0.169. The van der Waals surface area contributed by atoms with Crippen LogP contribution in [0.1, 0.15) is 18.9 Å². The summed E-state index contributed by atoms with van der Waals surface area (Å²) in [5, 5.41) is 12.5. The van der Waals surface area contributed by atoms with Gasteiger partial charge in [-0.3, -0.25) is 0 Å². The standard InChI is InChI=1S/C15H25NO3/c1-12(16-14(8-9-17)11-18-2)10-13-6-4-5-7-15(13)19-3/h4-7,12,14,16-17H,8-11H2,1-3H3. The summed E-state index contributed by atoms with van der Waals surface area (Å²) in [6, 6.07) is 8.52. The molecule has 2 N–H and O–H groups in total. The van der Waals surface area contributed by atoms with Crippen LogP contribution in [0.3, 0.4) is 0 Å². The maximum Gasteiger partial charge on any atom is 0.122 e. The van der Waals surface area contributed by atoms with E-state index in [2.05, 4.69) is 18.3 Å². The van der Waals surface area contributed by atoms with Gasteiger partial charge in [-0.05, 0) is 31.4 Å². The number of hydrogen-bond donors (Lipinski definition) is 2. The van der Waals surface area contributed by atoms with E-state index in [1.807, 2.05) is 18.2 Å². The molecule has 0 saturated carbocycles. The molecule has 0 saturated heterocycles. The summed E-state index contributed by atoms with van der Waals surface area (Å²) in [6.07, 6.45) is 1.58. The molecule has 2 atom stereocenters. The largest absolute Gasteiger partial charge is 0.496 e. The Balaban J connectivity index is 2.55. The van der Waals surface area contributed by atoms with Crippen molar-refractivity contribution in [2.24, 2.45) is 0 Å². The quantitative estimate of drug-likeness (QED) is 0.714. The molecule has 4 heteroatoms. The second-order valence-electron chi connectivity index (χ2n) is 4.75. The SMILES string of the molecule is COCC(CCO)NC(C)Cc1ccccc1OC. The van der Waals surface area contributed by atoms with Crippen molar-refractivity contribution in [2.45, 2.75) is 31.8 Å². The number of methoxy groups -OCH3 is 2. The van der Waals surface area contributed by atoms with Crippen molar-refractivity contribution in [3.05, 3.63) is 29.8 Å². The van der Waals surface area contributed by atoms with Gasteiger partial charge in [-0.25, -0.2) is 0 Å². The van der Waals surface area contributed by atoms with Crippen LogP contribution in [0.15, 0.2) is 24.3 Å². The Hall–Kier alpha value is -1.10. The molecule has 1 aromatic rings. The van der Waals surface area contributed by atoms with Crippen LogP contribution in [0.5, 0.6) is 5.75 Å². The first-order chi connectivity index (χ1) is 9.21. The Kier molecular flexibility index (Phi) is 7.48. The number of para-hydroxylation sites is 1. The van der Waals surface area contributed by atoms with Crippen LogP contribution in [0.2, 0.25) is 0 Å². The number of aliphatic hydroxyl groups excluding tert-OH is 1. The summed E-state index contributed by atoms with van der Waals surface area (Å²) in [7, 11) is 3.37. The molecule has 0 amide bonds. The maximum absolute atomic E-state index is 9.03. The van der Waals surface area contributed by atoms with Crippen LogP contribution in [-0.2, 0) is 11.2 Å². The van der Waals surface area contributed by atoms with Crippen LogP contribution in [0.25, 0.3) is 0 Å². The van der Waals surface area contributed by atoms with Crippen molar-refractivity contribution >= 4 is 0 Å². The lowest BCUT2D eigenvalue weighted by molar-refractivity contribution is 0.143. The summed E-state index contributed by atoms with van der Waals surface area (Å²) >= 11 is 0. The lowest BCUT2D eigenvalue weighted by Gasteiger charge is -2.23. The van der Waals surface area contributed by atoms with E-state index >= 15 is 0 Å². The molecule has 0 aromatic heterocycles. The first-order valence-electron chi connectivity index (χ1n) is 6.69. The van der Waals surface area contributed by atoms with E-state index < -0.39 is 0 Å². The zero-order valence-electron chi connectivity index (χ0n) is 12.1. The van der Waals surface area contributed by atoms with Gasteiger partial charge in [0.25, 0.3) is 0 Å². The van der Waals surface area contributed by atoms with Crippen molar-refractivity contribution in [3.8, 4) is 5.75 Å². The van der Waals surface area contributed by atoms with E-state index in [1.54, 1.807) is 14.2 Å². The van der Waals surface area contributed by atoms with Gasteiger partial charge < -0.3 is 19.9 Å². The highest BCUT2D eigenvalue weighted by molar-refractivity contribution is 5.33. The van der Waals surface area contributed by atoms with Gasteiger partial charge >= 0.3 is 0 Å². The number of aliphatic hydroxyl groups is 1. The number of hydrogen-bond acceptors (Lipinski definition) is 4. The van der Waals surface area contributed by atoms with Crippen LogP contribution in [0, 0.1) is 0 Å². The molecule has 1 aromatic carbocycles. The Bertz CT molecular complexity index is 351. The lowest BCUT2D eigenvalue weighted by Crippen LogP contribution is -2.41. The zero-order valence-corrected chi connectivity index (χ0v) is 12.1. The molecule has 0 heterocycles. The minimum Gasteiger partial charge on any atom is -0.496 e. The third kappa shape index (κ3) is 5.59. The van der Waals surface area contributed by atoms with Gasteiger partial charge in [0.2, 0.25) is 0 Å². The van der Waals surface area contributed by atoms with E-state index in [0.717, 1.165) is 12.2 Å². The average Bonchev–Trinajstić information content (AvgIpc) is 2.40. The molecule has 2 unspecified atom stereocenters. The second-order valence-corrected chi connectivity index (χ2v) is 4.75.